The Bertz CT molecular complexity index is 339. The quantitative estimate of drug-likeness (QED) is 0.707. The summed E-state index contributed by atoms with van der Waals surface area (Å²) in [6, 6.07) is 8.14. The molecule has 0 aliphatic heterocycles. The van der Waals surface area contributed by atoms with Gasteiger partial charge >= 0.3 is 0 Å². The van der Waals surface area contributed by atoms with Crippen LogP contribution in [0.5, 0.6) is 5.75 Å². The van der Waals surface area contributed by atoms with E-state index in [-0.39, 0.29) is 6.04 Å². The van der Waals surface area contributed by atoms with E-state index in [2.05, 4.69) is 30.9 Å². The van der Waals surface area contributed by atoms with Crippen LogP contribution in [-0.4, -0.2) is 43.1 Å². The highest BCUT2D eigenvalue weighted by atomic mass is 32.2. The van der Waals surface area contributed by atoms with Crippen LogP contribution in [-0.2, 0) is 0 Å². The van der Waals surface area contributed by atoms with E-state index in [0.29, 0.717) is 0 Å². The molecule has 0 amide bonds. The van der Waals surface area contributed by atoms with Crippen molar-refractivity contribution in [1.29, 1.82) is 0 Å². The molecule has 19 heavy (non-hydrogen) atoms. The van der Waals surface area contributed by atoms with Crippen molar-refractivity contribution in [3.8, 4) is 5.75 Å². The van der Waals surface area contributed by atoms with Crippen molar-refractivity contribution in [2.75, 3.05) is 38.2 Å². The number of nitrogens with two attached hydrogens (primary N) is 1. The molecular formula is C15H26N2OS. The summed E-state index contributed by atoms with van der Waals surface area (Å²) < 4.78 is 5.15. The molecule has 2 N–H and O–H groups in total. The van der Waals surface area contributed by atoms with Gasteiger partial charge in [-0.2, -0.15) is 11.8 Å². The van der Waals surface area contributed by atoms with Gasteiger partial charge in [-0.25, -0.2) is 0 Å². The Morgan fingerprint density at radius 2 is 1.84 bits per heavy atom. The van der Waals surface area contributed by atoms with Gasteiger partial charge in [-0.1, -0.05) is 26.0 Å². The molecule has 1 aromatic carbocycles. The molecule has 3 nitrogen and oxygen atoms in total. The van der Waals surface area contributed by atoms with Crippen LogP contribution in [0.2, 0.25) is 0 Å². The summed E-state index contributed by atoms with van der Waals surface area (Å²) in [4.78, 5) is 2.44. The predicted molar refractivity (Wildman–Crippen MR) is 85.0 cm³/mol. The molecule has 4 heteroatoms. The molecule has 0 saturated carbocycles. The molecule has 0 radical (unpaired) electrons. The van der Waals surface area contributed by atoms with Crippen molar-refractivity contribution in [3.63, 3.8) is 0 Å². The molecule has 1 unspecified atom stereocenters. The smallest absolute Gasteiger partial charge is 0.118 e. The first-order valence-electron chi connectivity index (χ1n) is 6.90. The number of methoxy groups -OCH3 is 1. The molecule has 1 atom stereocenters. The van der Waals surface area contributed by atoms with Crippen LogP contribution in [0, 0.1) is 0 Å². The fourth-order valence-electron chi connectivity index (χ4n) is 1.89. The summed E-state index contributed by atoms with van der Waals surface area (Å²) in [5, 5.41) is 0. The summed E-state index contributed by atoms with van der Waals surface area (Å²) in [6.07, 6.45) is 0. The van der Waals surface area contributed by atoms with Crippen LogP contribution in [0.4, 0.5) is 0 Å². The molecule has 0 bridgehead atoms. The summed E-state index contributed by atoms with van der Waals surface area (Å²) in [6.45, 7) is 7.81. The van der Waals surface area contributed by atoms with Crippen LogP contribution < -0.4 is 10.5 Å². The normalized spacial score (nSPS) is 12.7. The molecule has 108 valence electrons. The van der Waals surface area contributed by atoms with Crippen molar-refractivity contribution in [2.24, 2.45) is 5.73 Å². The maximum absolute atomic E-state index is 6.19. The molecular weight excluding hydrogens is 256 g/mol. The lowest BCUT2D eigenvalue weighted by atomic mass is 10.1. The van der Waals surface area contributed by atoms with Gasteiger partial charge in [0.2, 0.25) is 0 Å². The Morgan fingerprint density at radius 3 is 2.37 bits per heavy atom. The highest BCUT2D eigenvalue weighted by Gasteiger charge is 2.06. The molecule has 1 aromatic rings. The van der Waals surface area contributed by atoms with Gasteiger partial charge in [0.15, 0.2) is 0 Å². The Kier molecular flexibility index (Phi) is 7.94. The number of ether oxygens (including phenoxy) is 1. The zero-order chi connectivity index (χ0) is 14.1. The van der Waals surface area contributed by atoms with Crippen molar-refractivity contribution in [3.05, 3.63) is 29.8 Å². The number of rotatable bonds is 9. The lowest BCUT2D eigenvalue weighted by Crippen LogP contribution is -2.25. The van der Waals surface area contributed by atoms with Gasteiger partial charge in [0, 0.05) is 24.1 Å². The highest BCUT2D eigenvalue weighted by Crippen LogP contribution is 2.19. The fourth-order valence-corrected chi connectivity index (χ4v) is 2.89. The first-order valence-corrected chi connectivity index (χ1v) is 8.06. The summed E-state index contributed by atoms with van der Waals surface area (Å²) in [5.41, 5.74) is 7.37. The Hall–Kier alpha value is -0.710. The SMILES string of the molecule is CCN(CC)CCSCC(N)c1ccc(OC)cc1. The maximum atomic E-state index is 6.19. The topological polar surface area (TPSA) is 38.5 Å². The van der Waals surface area contributed by atoms with Gasteiger partial charge in [-0.15, -0.1) is 0 Å². The largest absolute Gasteiger partial charge is 0.497 e. The van der Waals surface area contributed by atoms with E-state index in [9.17, 15) is 0 Å². The Labute approximate surface area is 121 Å². The van der Waals surface area contributed by atoms with Gasteiger partial charge in [0.25, 0.3) is 0 Å². The van der Waals surface area contributed by atoms with Crippen molar-refractivity contribution in [1.82, 2.24) is 4.90 Å². The number of hydrogen-bond donors (Lipinski definition) is 1. The molecule has 0 aliphatic carbocycles. The zero-order valence-corrected chi connectivity index (χ0v) is 13.1. The van der Waals surface area contributed by atoms with Crippen molar-refractivity contribution >= 4 is 11.8 Å². The van der Waals surface area contributed by atoms with Crippen molar-refractivity contribution in [2.45, 2.75) is 19.9 Å². The number of hydrogen-bond acceptors (Lipinski definition) is 4. The fraction of sp³-hybridized carbons (Fsp3) is 0.600. The second-order valence-electron chi connectivity index (χ2n) is 4.48. The number of thioether (sulfide) groups is 1. The van der Waals surface area contributed by atoms with Crippen LogP contribution in [0.1, 0.15) is 25.5 Å². The van der Waals surface area contributed by atoms with E-state index in [1.165, 1.54) is 5.56 Å². The molecule has 0 saturated heterocycles. The Morgan fingerprint density at radius 1 is 1.21 bits per heavy atom. The minimum Gasteiger partial charge on any atom is -0.497 e. The highest BCUT2D eigenvalue weighted by molar-refractivity contribution is 7.99. The third-order valence-electron chi connectivity index (χ3n) is 3.29. The van der Waals surface area contributed by atoms with Crippen LogP contribution in [0.25, 0.3) is 0 Å². The first-order chi connectivity index (χ1) is 9.21. The van der Waals surface area contributed by atoms with E-state index < -0.39 is 0 Å². The van der Waals surface area contributed by atoms with Crippen LogP contribution in [0.3, 0.4) is 0 Å². The second-order valence-corrected chi connectivity index (χ2v) is 5.63. The summed E-state index contributed by atoms with van der Waals surface area (Å²) in [5.74, 6) is 2.99. The lowest BCUT2D eigenvalue weighted by Gasteiger charge is -2.18. The van der Waals surface area contributed by atoms with Gasteiger partial charge in [-0.3, -0.25) is 0 Å². The van der Waals surface area contributed by atoms with Gasteiger partial charge in [0.05, 0.1) is 7.11 Å². The third kappa shape index (κ3) is 5.85. The molecule has 0 aromatic heterocycles. The van der Waals surface area contributed by atoms with E-state index in [4.69, 9.17) is 10.5 Å². The van der Waals surface area contributed by atoms with Crippen molar-refractivity contribution < 1.29 is 4.74 Å². The van der Waals surface area contributed by atoms with Gasteiger partial charge in [-0.05, 0) is 30.8 Å². The third-order valence-corrected chi connectivity index (χ3v) is 4.35. The minimum atomic E-state index is 0.104. The van der Waals surface area contributed by atoms with Gasteiger partial charge < -0.3 is 15.4 Å². The lowest BCUT2D eigenvalue weighted by molar-refractivity contribution is 0.324. The number of benzene rings is 1. The Balaban J connectivity index is 2.28. The number of nitrogens with zero attached hydrogens (tertiary/aromatic N) is 1. The average molecular weight is 282 g/mol. The average Bonchev–Trinajstić information content (AvgIpc) is 2.47. The molecule has 0 heterocycles. The molecule has 0 fully saturated rings. The zero-order valence-electron chi connectivity index (χ0n) is 12.3. The summed E-state index contributed by atoms with van der Waals surface area (Å²) in [7, 11) is 1.68. The van der Waals surface area contributed by atoms with E-state index in [1.54, 1.807) is 7.11 Å². The van der Waals surface area contributed by atoms with Crippen LogP contribution >= 0.6 is 11.8 Å². The molecule has 0 aliphatic rings. The van der Waals surface area contributed by atoms with Gasteiger partial charge in [0.1, 0.15) is 5.75 Å². The predicted octanol–water partition coefficient (Wildman–Crippen LogP) is 2.77. The summed E-state index contributed by atoms with van der Waals surface area (Å²) >= 11 is 1.93. The molecule has 0 spiro atoms. The standard InChI is InChI=1S/C15H26N2OS/c1-4-17(5-2)10-11-19-12-15(16)13-6-8-14(18-3)9-7-13/h6-9,15H,4-5,10-12,16H2,1-3H3. The van der Waals surface area contributed by atoms with E-state index in [1.807, 2.05) is 23.9 Å². The monoisotopic (exact) mass is 282 g/mol. The van der Waals surface area contributed by atoms with E-state index >= 15 is 0 Å². The van der Waals surface area contributed by atoms with E-state index in [0.717, 1.165) is 36.9 Å². The first kappa shape index (κ1) is 16.3. The van der Waals surface area contributed by atoms with Crippen LogP contribution in [0.15, 0.2) is 24.3 Å². The molecule has 1 rings (SSSR count). The minimum absolute atomic E-state index is 0.104. The maximum Gasteiger partial charge on any atom is 0.118 e. The second kappa shape index (κ2) is 9.23.